The zero-order valence-electron chi connectivity index (χ0n) is 7.31. The Morgan fingerprint density at radius 1 is 0.636 bits per heavy atom. The zero-order valence-corrected chi connectivity index (χ0v) is 7.31. The van der Waals surface area contributed by atoms with Gasteiger partial charge in [-0.15, -0.1) is 0 Å². The van der Waals surface area contributed by atoms with Gasteiger partial charge in [0.25, 0.3) is 0 Å². The third kappa shape index (κ3) is 1.96. The molecule has 1 heteroatoms. The molecule has 0 aromatic rings. The lowest BCUT2D eigenvalue weighted by Crippen LogP contribution is -2.43. The molecule has 2 aliphatic rings. The van der Waals surface area contributed by atoms with Gasteiger partial charge in [0, 0.05) is 12.1 Å². The highest BCUT2D eigenvalue weighted by Crippen LogP contribution is 2.23. The van der Waals surface area contributed by atoms with E-state index in [9.17, 15) is 0 Å². The van der Waals surface area contributed by atoms with Crippen molar-refractivity contribution in [1.29, 1.82) is 0 Å². The van der Waals surface area contributed by atoms with Crippen LogP contribution in [-0.4, -0.2) is 12.1 Å². The first-order valence-electron chi connectivity index (χ1n) is 5.21. The van der Waals surface area contributed by atoms with Gasteiger partial charge in [-0.1, -0.05) is 25.7 Å². The van der Waals surface area contributed by atoms with E-state index in [4.69, 9.17) is 0 Å². The average Bonchev–Trinajstić information content (AvgIpc) is 1.99. The van der Waals surface area contributed by atoms with Gasteiger partial charge in [-0.05, 0) is 25.7 Å². The van der Waals surface area contributed by atoms with E-state index < -0.39 is 0 Å². The topological polar surface area (TPSA) is 12.0 Å². The van der Waals surface area contributed by atoms with Crippen molar-refractivity contribution < 1.29 is 0 Å². The number of hydrogen-bond donors (Lipinski definition) is 1. The van der Waals surface area contributed by atoms with E-state index >= 15 is 0 Å². The van der Waals surface area contributed by atoms with E-state index in [2.05, 4.69) is 5.32 Å². The minimum absolute atomic E-state index is 0.883. The fourth-order valence-corrected chi connectivity index (χ4v) is 2.18. The fourth-order valence-electron chi connectivity index (χ4n) is 2.18. The molecule has 0 saturated heterocycles. The van der Waals surface area contributed by atoms with E-state index in [0.29, 0.717) is 0 Å². The van der Waals surface area contributed by atoms with Crippen LogP contribution in [0.4, 0.5) is 0 Å². The molecular formula is C10H19N. The second kappa shape index (κ2) is 3.57. The van der Waals surface area contributed by atoms with E-state index in [1.54, 1.807) is 0 Å². The molecule has 2 rings (SSSR count). The van der Waals surface area contributed by atoms with E-state index in [-0.39, 0.29) is 0 Å². The van der Waals surface area contributed by atoms with E-state index in [1.165, 1.54) is 51.4 Å². The molecule has 0 aliphatic heterocycles. The molecule has 0 radical (unpaired) electrons. The first kappa shape index (κ1) is 7.60. The van der Waals surface area contributed by atoms with Crippen molar-refractivity contribution in [2.24, 2.45) is 0 Å². The van der Waals surface area contributed by atoms with Crippen LogP contribution in [0.15, 0.2) is 0 Å². The third-order valence-electron chi connectivity index (χ3n) is 3.18. The predicted molar refractivity (Wildman–Crippen MR) is 47.6 cm³/mol. The smallest absolute Gasteiger partial charge is 0.00696 e. The summed E-state index contributed by atoms with van der Waals surface area (Å²) >= 11 is 0. The fraction of sp³-hybridized carbons (Fsp3) is 1.00. The van der Waals surface area contributed by atoms with E-state index in [1.807, 2.05) is 0 Å². The van der Waals surface area contributed by atoms with Crippen LogP contribution in [0.25, 0.3) is 0 Å². The van der Waals surface area contributed by atoms with Gasteiger partial charge in [0.1, 0.15) is 0 Å². The molecular weight excluding hydrogens is 134 g/mol. The van der Waals surface area contributed by atoms with Gasteiger partial charge >= 0.3 is 0 Å². The standard InChI is InChI=1S/C10H19N/c1-2-5-9(6-3-1)11-10-7-4-8-10/h9-11H,1-8H2. The summed E-state index contributed by atoms with van der Waals surface area (Å²) in [6.07, 6.45) is 11.6. The third-order valence-corrected chi connectivity index (χ3v) is 3.18. The molecule has 2 fully saturated rings. The number of rotatable bonds is 2. The van der Waals surface area contributed by atoms with Crippen LogP contribution >= 0.6 is 0 Å². The van der Waals surface area contributed by atoms with Crippen molar-refractivity contribution >= 4 is 0 Å². The molecule has 0 spiro atoms. The maximum atomic E-state index is 3.76. The first-order chi connectivity index (χ1) is 5.45. The summed E-state index contributed by atoms with van der Waals surface area (Å²) in [5, 5.41) is 3.76. The van der Waals surface area contributed by atoms with Crippen molar-refractivity contribution in [1.82, 2.24) is 5.32 Å². The molecule has 0 aromatic carbocycles. The summed E-state index contributed by atoms with van der Waals surface area (Å²) < 4.78 is 0. The summed E-state index contributed by atoms with van der Waals surface area (Å²) in [4.78, 5) is 0. The summed E-state index contributed by atoms with van der Waals surface area (Å²) in [6.45, 7) is 0. The molecule has 2 saturated carbocycles. The van der Waals surface area contributed by atoms with Gasteiger partial charge in [0.2, 0.25) is 0 Å². The molecule has 0 bridgehead atoms. The molecule has 0 aromatic heterocycles. The Balaban J connectivity index is 1.67. The SMILES string of the molecule is C1CCC(NC2CCC2)CC1. The summed E-state index contributed by atoms with van der Waals surface area (Å²) in [6, 6.07) is 1.78. The van der Waals surface area contributed by atoms with Crippen molar-refractivity contribution in [3.63, 3.8) is 0 Å². The molecule has 1 nitrogen and oxygen atoms in total. The minimum atomic E-state index is 0.883. The summed E-state index contributed by atoms with van der Waals surface area (Å²) in [5.74, 6) is 0. The van der Waals surface area contributed by atoms with Crippen LogP contribution < -0.4 is 5.32 Å². The quantitative estimate of drug-likeness (QED) is 0.642. The van der Waals surface area contributed by atoms with E-state index in [0.717, 1.165) is 12.1 Å². The summed E-state index contributed by atoms with van der Waals surface area (Å²) in [5.41, 5.74) is 0. The molecule has 0 amide bonds. The Hall–Kier alpha value is -0.0400. The normalized spacial score (nSPS) is 28.4. The monoisotopic (exact) mass is 153 g/mol. The van der Waals surface area contributed by atoms with Gasteiger partial charge in [-0.2, -0.15) is 0 Å². The van der Waals surface area contributed by atoms with Gasteiger partial charge in [0.05, 0.1) is 0 Å². The van der Waals surface area contributed by atoms with Crippen molar-refractivity contribution in [3.05, 3.63) is 0 Å². The van der Waals surface area contributed by atoms with Crippen LogP contribution in [0.1, 0.15) is 51.4 Å². The molecule has 0 heterocycles. The zero-order chi connectivity index (χ0) is 7.52. The Labute approximate surface area is 69.6 Å². The lowest BCUT2D eigenvalue weighted by Gasteiger charge is -2.33. The van der Waals surface area contributed by atoms with Gasteiger partial charge in [-0.3, -0.25) is 0 Å². The van der Waals surface area contributed by atoms with Crippen molar-refractivity contribution in [2.45, 2.75) is 63.5 Å². The molecule has 2 aliphatic carbocycles. The van der Waals surface area contributed by atoms with Crippen LogP contribution in [0.3, 0.4) is 0 Å². The highest BCUT2D eigenvalue weighted by Gasteiger charge is 2.21. The molecule has 0 unspecified atom stereocenters. The van der Waals surface area contributed by atoms with Crippen LogP contribution in [0.5, 0.6) is 0 Å². The van der Waals surface area contributed by atoms with Crippen LogP contribution in [-0.2, 0) is 0 Å². The Kier molecular flexibility index (Phi) is 2.47. The first-order valence-corrected chi connectivity index (χ1v) is 5.21. The van der Waals surface area contributed by atoms with Gasteiger partial charge < -0.3 is 5.32 Å². The van der Waals surface area contributed by atoms with Crippen LogP contribution in [0.2, 0.25) is 0 Å². The average molecular weight is 153 g/mol. The van der Waals surface area contributed by atoms with Crippen molar-refractivity contribution in [2.75, 3.05) is 0 Å². The lowest BCUT2D eigenvalue weighted by atomic mass is 9.89. The largest absolute Gasteiger partial charge is 0.311 e. The van der Waals surface area contributed by atoms with Gasteiger partial charge in [0.15, 0.2) is 0 Å². The lowest BCUT2D eigenvalue weighted by molar-refractivity contribution is 0.266. The Morgan fingerprint density at radius 3 is 1.64 bits per heavy atom. The minimum Gasteiger partial charge on any atom is -0.311 e. The molecule has 1 N–H and O–H groups in total. The second-order valence-corrected chi connectivity index (χ2v) is 4.13. The molecule has 11 heavy (non-hydrogen) atoms. The highest BCUT2D eigenvalue weighted by atomic mass is 15.0. The predicted octanol–water partition coefficient (Wildman–Crippen LogP) is 2.46. The van der Waals surface area contributed by atoms with Gasteiger partial charge in [-0.25, -0.2) is 0 Å². The van der Waals surface area contributed by atoms with Crippen LogP contribution in [0, 0.1) is 0 Å². The maximum Gasteiger partial charge on any atom is 0.00696 e. The summed E-state index contributed by atoms with van der Waals surface area (Å²) in [7, 11) is 0. The number of nitrogens with one attached hydrogen (secondary N) is 1. The second-order valence-electron chi connectivity index (χ2n) is 4.13. The molecule has 64 valence electrons. The van der Waals surface area contributed by atoms with Crippen molar-refractivity contribution in [3.8, 4) is 0 Å². The maximum absolute atomic E-state index is 3.76. The highest BCUT2D eigenvalue weighted by molar-refractivity contribution is 4.82. The Bertz CT molecular complexity index is 112. The Morgan fingerprint density at radius 2 is 1.18 bits per heavy atom. The number of hydrogen-bond acceptors (Lipinski definition) is 1. The molecule has 0 atom stereocenters.